The van der Waals surface area contributed by atoms with E-state index in [1.807, 2.05) is 30.3 Å². The summed E-state index contributed by atoms with van der Waals surface area (Å²) in [5.41, 5.74) is 3.57. The summed E-state index contributed by atoms with van der Waals surface area (Å²) in [6.07, 6.45) is 4.67. The quantitative estimate of drug-likeness (QED) is 0.569. The van der Waals surface area contributed by atoms with Crippen molar-refractivity contribution >= 4 is 34.8 Å². The lowest BCUT2D eigenvalue weighted by Crippen LogP contribution is -2.46. The zero-order valence-corrected chi connectivity index (χ0v) is 18.2. The van der Waals surface area contributed by atoms with Gasteiger partial charge >= 0.3 is 6.09 Å². The number of hydrogen-bond donors (Lipinski definition) is 2. The number of hydrogen-bond acceptors (Lipinski definition) is 6. The van der Waals surface area contributed by atoms with Gasteiger partial charge in [0.2, 0.25) is 0 Å². The molecule has 2 amide bonds. The molecule has 1 aliphatic heterocycles. The van der Waals surface area contributed by atoms with Gasteiger partial charge in [0, 0.05) is 36.6 Å². The van der Waals surface area contributed by atoms with Crippen LogP contribution in [0.25, 0.3) is 11.0 Å². The second kappa shape index (κ2) is 9.82. The molecule has 8 nitrogen and oxygen atoms in total. The highest BCUT2D eigenvalue weighted by Gasteiger charge is 2.24. The number of pyridine rings is 1. The first-order chi connectivity index (χ1) is 15.1. The van der Waals surface area contributed by atoms with Gasteiger partial charge in [-0.3, -0.25) is 9.78 Å². The molecule has 0 saturated carbocycles. The third-order valence-electron chi connectivity index (χ3n) is 5.21. The van der Waals surface area contributed by atoms with Crippen LogP contribution in [-0.2, 0) is 10.5 Å². The predicted octanol–water partition coefficient (Wildman–Crippen LogP) is 3.60. The lowest BCUT2D eigenvalue weighted by atomic mass is 10.0. The summed E-state index contributed by atoms with van der Waals surface area (Å²) < 4.78 is 5.03. The Morgan fingerprint density at radius 3 is 2.71 bits per heavy atom. The van der Waals surface area contributed by atoms with Gasteiger partial charge in [-0.2, -0.15) is 0 Å². The molecule has 9 heteroatoms. The molecule has 0 bridgehead atoms. The van der Waals surface area contributed by atoms with Crippen LogP contribution in [0.3, 0.4) is 0 Å². The first kappa shape index (κ1) is 21.2. The fraction of sp³-hybridized carbons (Fsp3) is 0.364. The van der Waals surface area contributed by atoms with Crippen molar-refractivity contribution in [2.75, 3.05) is 19.7 Å². The van der Waals surface area contributed by atoms with Gasteiger partial charge in [0.05, 0.1) is 23.8 Å². The molecule has 1 saturated heterocycles. The van der Waals surface area contributed by atoms with E-state index >= 15 is 0 Å². The van der Waals surface area contributed by atoms with Crippen molar-refractivity contribution in [2.45, 2.75) is 36.7 Å². The van der Waals surface area contributed by atoms with Crippen LogP contribution in [0.2, 0.25) is 0 Å². The minimum absolute atomic E-state index is 0.0657. The molecule has 2 N–H and O–H groups in total. The van der Waals surface area contributed by atoms with Crippen LogP contribution in [0.4, 0.5) is 4.79 Å². The maximum absolute atomic E-state index is 12.6. The Bertz CT molecular complexity index is 1010. The molecule has 1 fully saturated rings. The number of H-pyrrole nitrogens is 1. The number of likely N-dealkylation sites (tertiary alicyclic amines) is 1. The standard InChI is InChI=1S/C22H25N5O3S/c1-2-30-22(29)27-11-8-17(9-12-27)24-20(28)16-5-3-15(4-6-16)14-31-21-25-18-7-10-23-13-19(18)26-21/h3-7,10,13,17H,2,8-9,11-12,14H2,1H3,(H,24,28)(H,25,26). The minimum Gasteiger partial charge on any atom is -0.450 e. The molecule has 0 radical (unpaired) electrons. The average Bonchev–Trinajstić information content (AvgIpc) is 3.22. The van der Waals surface area contributed by atoms with Crippen molar-refractivity contribution in [1.29, 1.82) is 0 Å². The number of aromatic nitrogens is 3. The fourth-order valence-corrected chi connectivity index (χ4v) is 4.34. The topological polar surface area (TPSA) is 100 Å². The number of piperidine rings is 1. The lowest BCUT2D eigenvalue weighted by Gasteiger charge is -2.31. The molecule has 162 valence electrons. The number of thioether (sulfide) groups is 1. The molecule has 3 heterocycles. The monoisotopic (exact) mass is 439 g/mol. The van der Waals surface area contributed by atoms with Gasteiger partial charge in [0.1, 0.15) is 0 Å². The Hall–Kier alpha value is -3.07. The first-order valence-electron chi connectivity index (χ1n) is 10.4. The molecular weight excluding hydrogens is 414 g/mol. The minimum atomic E-state index is -0.278. The Morgan fingerprint density at radius 2 is 2.00 bits per heavy atom. The van der Waals surface area contributed by atoms with E-state index in [4.69, 9.17) is 4.74 Å². The van der Waals surface area contributed by atoms with Crippen LogP contribution in [0.15, 0.2) is 47.9 Å². The number of rotatable bonds is 6. The predicted molar refractivity (Wildman–Crippen MR) is 119 cm³/mol. The van der Waals surface area contributed by atoms with Crippen LogP contribution in [0.1, 0.15) is 35.7 Å². The van der Waals surface area contributed by atoms with Gasteiger partial charge in [0.25, 0.3) is 5.91 Å². The first-order valence-corrected chi connectivity index (χ1v) is 11.3. The van der Waals surface area contributed by atoms with Crippen molar-refractivity contribution in [3.63, 3.8) is 0 Å². The van der Waals surface area contributed by atoms with Crippen LogP contribution in [-0.4, -0.2) is 57.6 Å². The largest absolute Gasteiger partial charge is 0.450 e. The van der Waals surface area contributed by atoms with Crippen molar-refractivity contribution in [3.8, 4) is 0 Å². The highest BCUT2D eigenvalue weighted by atomic mass is 32.2. The molecular formula is C22H25N5O3S. The Balaban J connectivity index is 1.26. The van der Waals surface area contributed by atoms with E-state index in [1.54, 1.807) is 36.0 Å². The average molecular weight is 440 g/mol. The number of aromatic amines is 1. The van der Waals surface area contributed by atoms with Crippen LogP contribution in [0.5, 0.6) is 0 Å². The molecule has 4 rings (SSSR count). The second-order valence-corrected chi connectivity index (χ2v) is 8.32. The summed E-state index contributed by atoms with van der Waals surface area (Å²) >= 11 is 1.61. The Kier molecular flexibility index (Phi) is 6.71. The Labute approximate surface area is 184 Å². The van der Waals surface area contributed by atoms with Crippen molar-refractivity contribution < 1.29 is 14.3 Å². The fourth-order valence-electron chi connectivity index (χ4n) is 3.50. The number of benzene rings is 1. The van der Waals surface area contributed by atoms with E-state index in [-0.39, 0.29) is 18.0 Å². The summed E-state index contributed by atoms with van der Waals surface area (Å²) in [4.78, 5) is 37.9. The summed E-state index contributed by atoms with van der Waals surface area (Å²) in [5, 5.41) is 3.92. The summed E-state index contributed by atoms with van der Waals surface area (Å²) in [7, 11) is 0. The van der Waals surface area contributed by atoms with E-state index in [0.717, 1.165) is 40.3 Å². The zero-order chi connectivity index (χ0) is 21.6. The van der Waals surface area contributed by atoms with Crippen molar-refractivity contribution in [2.24, 2.45) is 0 Å². The van der Waals surface area contributed by atoms with Crippen LogP contribution < -0.4 is 5.32 Å². The van der Waals surface area contributed by atoms with Crippen LogP contribution in [0, 0.1) is 0 Å². The number of nitrogens with one attached hydrogen (secondary N) is 2. The van der Waals surface area contributed by atoms with E-state index in [9.17, 15) is 9.59 Å². The Morgan fingerprint density at radius 1 is 1.23 bits per heavy atom. The molecule has 0 atom stereocenters. The van der Waals surface area contributed by atoms with E-state index in [0.29, 0.717) is 25.3 Å². The molecule has 1 aromatic carbocycles. The summed E-state index contributed by atoms with van der Waals surface area (Å²) in [6.45, 7) is 3.36. The number of amides is 2. The van der Waals surface area contributed by atoms with Gasteiger partial charge in [0.15, 0.2) is 5.16 Å². The van der Waals surface area contributed by atoms with Gasteiger partial charge in [-0.25, -0.2) is 9.78 Å². The smallest absolute Gasteiger partial charge is 0.409 e. The number of carbonyl (C=O) groups is 2. The molecule has 1 aliphatic rings. The molecule has 0 unspecified atom stereocenters. The molecule has 0 aliphatic carbocycles. The maximum Gasteiger partial charge on any atom is 0.409 e. The van der Waals surface area contributed by atoms with E-state index in [1.165, 1.54) is 0 Å². The van der Waals surface area contributed by atoms with E-state index < -0.39 is 0 Å². The third-order valence-corrected chi connectivity index (χ3v) is 6.15. The highest BCUT2D eigenvalue weighted by molar-refractivity contribution is 7.98. The normalized spacial score (nSPS) is 14.5. The number of ether oxygens (including phenoxy) is 1. The molecule has 31 heavy (non-hydrogen) atoms. The molecule has 3 aromatic rings. The van der Waals surface area contributed by atoms with Gasteiger partial charge in [-0.1, -0.05) is 23.9 Å². The highest BCUT2D eigenvalue weighted by Crippen LogP contribution is 2.23. The lowest BCUT2D eigenvalue weighted by molar-refractivity contribution is 0.0860. The second-order valence-electron chi connectivity index (χ2n) is 7.35. The number of imidazole rings is 1. The molecule has 0 spiro atoms. The number of carbonyl (C=O) groups excluding carboxylic acids is 2. The summed E-state index contributed by atoms with van der Waals surface area (Å²) in [6, 6.07) is 9.58. The molecule has 2 aromatic heterocycles. The van der Waals surface area contributed by atoms with Gasteiger partial charge in [-0.15, -0.1) is 0 Å². The third kappa shape index (κ3) is 5.35. The van der Waals surface area contributed by atoms with Crippen LogP contribution >= 0.6 is 11.8 Å². The summed E-state index contributed by atoms with van der Waals surface area (Å²) in [5.74, 6) is 0.667. The number of nitrogens with zero attached hydrogens (tertiary/aromatic N) is 3. The van der Waals surface area contributed by atoms with E-state index in [2.05, 4.69) is 20.3 Å². The van der Waals surface area contributed by atoms with Crippen molar-refractivity contribution in [3.05, 3.63) is 53.9 Å². The maximum atomic E-state index is 12.6. The zero-order valence-electron chi connectivity index (χ0n) is 17.3. The van der Waals surface area contributed by atoms with Crippen molar-refractivity contribution in [1.82, 2.24) is 25.2 Å². The number of fused-ring (bicyclic) bond motifs is 1. The van der Waals surface area contributed by atoms with Gasteiger partial charge in [-0.05, 0) is 43.5 Å². The SMILES string of the molecule is CCOC(=O)N1CCC(NC(=O)c2ccc(CSc3nc4ccncc4[nH]3)cc2)CC1. The van der Waals surface area contributed by atoms with Gasteiger partial charge < -0.3 is 19.9 Å².